The van der Waals surface area contributed by atoms with Gasteiger partial charge in [0, 0.05) is 0 Å². The van der Waals surface area contributed by atoms with Gasteiger partial charge in [0.2, 0.25) is 0 Å². The molecule has 0 aliphatic rings. The molecule has 1 heterocycles. The van der Waals surface area contributed by atoms with Crippen LogP contribution in [-0.4, -0.2) is 9.97 Å². The molecule has 1 aromatic heterocycles. The molecule has 0 fully saturated rings. The van der Waals surface area contributed by atoms with Crippen LogP contribution in [0.3, 0.4) is 0 Å². The summed E-state index contributed by atoms with van der Waals surface area (Å²) in [5.41, 5.74) is 1.06. The fraction of sp³-hybridized carbons (Fsp3) is 0. The zero-order valence-electron chi connectivity index (χ0n) is 6.39. The van der Waals surface area contributed by atoms with Gasteiger partial charge in [0.05, 0.1) is 11.0 Å². The number of fused-ring (bicyclic) bond motifs is 1. The van der Waals surface area contributed by atoms with E-state index in [0.717, 1.165) is 0 Å². The highest BCUT2D eigenvalue weighted by molar-refractivity contribution is 7.71. The van der Waals surface area contributed by atoms with E-state index in [1.54, 1.807) is 6.07 Å². The van der Waals surface area contributed by atoms with Gasteiger partial charge in [0.25, 0.3) is 0 Å². The van der Waals surface area contributed by atoms with Crippen molar-refractivity contribution >= 4 is 23.3 Å². The number of aromatic amines is 2. The maximum Gasteiger partial charge on any atom is 0.175 e. The van der Waals surface area contributed by atoms with E-state index in [0.29, 0.717) is 15.8 Å². The molecule has 64 valence electrons. The average molecular weight is 193 g/mol. The lowest BCUT2D eigenvalue weighted by Gasteiger charge is -1.93. The first-order chi connectivity index (χ1) is 6.22. The van der Waals surface area contributed by atoms with Gasteiger partial charge in [0.1, 0.15) is 17.4 Å². The summed E-state index contributed by atoms with van der Waals surface area (Å²) in [5.74, 6) is -0.541. The zero-order valence-corrected chi connectivity index (χ0v) is 7.20. The van der Waals surface area contributed by atoms with Crippen molar-refractivity contribution in [3.8, 4) is 6.07 Å². The Morgan fingerprint density at radius 3 is 2.85 bits per heavy atom. The van der Waals surface area contributed by atoms with Crippen LogP contribution in [0.5, 0.6) is 0 Å². The zero-order chi connectivity index (χ0) is 9.42. The van der Waals surface area contributed by atoms with Crippen molar-refractivity contribution in [2.45, 2.75) is 0 Å². The van der Waals surface area contributed by atoms with Crippen molar-refractivity contribution in [3.05, 3.63) is 28.3 Å². The van der Waals surface area contributed by atoms with Crippen LogP contribution in [0.25, 0.3) is 11.0 Å². The van der Waals surface area contributed by atoms with Crippen LogP contribution >= 0.6 is 12.2 Å². The van der Waals surface area contributed by atoms with Crippen LogP contribution in [-0.2, 0) is 0 Å². The third-order valence-electron chi connectivity index (χ3n) is 1.75. The van der Waals surface area contributed by atoms with Crippen LogP contribution in [0.15, 0.2) is 12.1 Å². The second kappa shape index (κ2) is 2.68. The lowest BCUT2D eigenvalue weighted by molar-refractivity contribution is 0.625. The van der Waals surface area contributed by atoms with Gasteiger partial charge in [-0.15, -0.1) is 0 Å². The molecule has 13 heavy (non-hydrogen) atoms. The van der Waals surface area contributed by atoms with E-state index in [4.69, 9.17) is 17.5 Å². The van der Waals surface area contributed by atoms with E-state index in [9.17, 15) is 4.39 Å². The molecule has 1 aromatic carbocycles. The van der Waals surface area contributed by atoms with Gasteiger partial charge in [-0.05, 0) is 24.4 Å². The van der Waals surface area contributed by atoms with Gasteiger partial charge in [-0.25, -0.2) is 4.39 Å². The maximum absolute atomic E-state index is 13.0. The molecule has 2 aromatic rings. The summed E-state index contributed by atoms with van der Waals surface area (Å²) < 4.78 is 13.4. The predicted octanol–water partition coefficient (Wildman–Crippen LogP) is 2.24. The second-order valence-corrected chi connectivity index (χ2v) is 2.94. The van der Waals surface area contributed by atoms with E-state index < -0.39 is 5.82 Å². The number of imidazole rings is 1. The molecule has 2 N–H and O–H groups in total. The van der Waals surface area contributed by atoms with Crippen molar-refractivity contribution in [1.82, 2.24) is 9.97 Å². The Labute approximate surface area is 77.8 Å². The average Bonchev–Trinajstić information content (AvgIpc) is 2.45. The Balaban J connectivity index is 3.01. The monoisotopic (exact) mass is 193 g/mol. The molecular formula is C8H4FN3S. The van der Waals surface area contributed by atoms with Crippen LogP contribution in [0.4, 0.5) is 4.39 Å². The molecule has 0 amide bonds. The fourth-order valence-electron chi connectivity index (χ4n) is 1.19. The SMILES string of the molecule is N#Cc1c(F)ccc2[nH]c(=S)[nH]c12. The van der Waals surface area contributed by atoms with Crippen molar-refractivity contribution in [1.29, 1.82) is 5.26 Å². The summed E-state index contributed by atoms with van der Waals surface area (Å²) in [7, 11) is 0. The topological polar surface area (TPSA) is 55.4 Å². The van der Waals surface area contributed by atoms with Crippen LogP contribution in [0, 0.1) is 21.9 Å². The molecule has 0 saturated heterocycles. The molecule has 0 atom stereocenters. The summed E-state index contributed by atoms with van der Waals surface area (Å²) in [4.78, 5) is 5.52. The number of aromatic nitrogens is 2. The maximum atomic E-state index is 13.0. The van der Waals surface area contributed by atoms with E-state index >= 15 is 0 Å². The second-order valence-electron chi connectivity index (χ2n) is 2.54. The van der Waals surface area contributed by atoms with Gasteiger partial charge >= 0.3 is 0 Å². The Bertz CT molecular complexity index is 561. The Kier molecular flexibility index (Phi) is 1.64. The van der Waals surface area contributed by atoms with Crippen LogP contribution in [0.2, 0.25) is 0 Å². The first-order valence-electron chi connectivity index (χ1n) is 3.53. The highest BCUT2D eigenvalue weighted by Crippen LogP contribution is 2.17. The number of benzene rings is 1. The number of hydrogen-bond donors (Lipinski definition) is 2. The number of hydrogen-bond acceptors (Lipinski definition) is 2. The lowest BCUT2D eigenvalue weighted by atomic mass is 10.2. The first kappa shape index (κ1) is 7.95. The van der Waals surface area contributed by atoms with Gasteiger partial charge in [0.15, 0.2) is 4.77 Å². The van der Waals surface area contributed by atoms with Crippen LogP contribution in [0.1, 0.15) is 5.56 Å². The van der Waals surface area contributed by atoms with E-state index in [1.165, 1.54) is 12.1 Å². The van der Waals surface area contributed by atoms with E-state index in [2.05, 4.69) is 9.97 Å². The highest BCUT2D eigenvalue weighted by atomic mass is 32.1. The number of nitriles is 1. The number of rotatable bonds is 0. The minimum absolute atomic E-state index is 0.00940. The Morgan fingerprint density at radius 1 is 1.38 bits per heavy atom. The fourth-order valence-corrected chi connectivity index (χ4v) is 1.40. The van der Waals surface area contributed by atoms with Gasteiger partial charge in [-0.3, -0.25) is 0 Å². The normalized spacial score (nSPS) is 10.2. The largest absolute Gasteiger partial charge is 0.331 e. The third kappa shape index (κ3) is 1.12. The van der Waals surface area contributed by atoms with Crippen molar-refractivity contribution in [2.75, 3.05) is 0 Å². The molecule has 2 rings (SSSR count). The van der Waals surface area contributed by atoms with Gasteiger partial charge in [-0.2, -0.15) is 5.26 Å². The summed E-state index contributed by atoms with van der Waals surface area (Å²) in [5, 5.41) is 8.67. The predicted molar refractivity (Wildman–Crippen MR) is 48.2 cm³/mol. The van der Waals surface area contributed by atoms with Gasteiger partial charge < -0.3 is 9.97 Å². The highest BCUT2D eigenvalue weighted by Gasteiger charge is 2.07. The molecule has 0 spiro atoms. The molecule has 3 nitrogen and oxygen atoms in total. The summed E-state index contributed by atoms with van der Waals surface area (Å²) >= 11 is 4.82. The Morgan fingerprint density at radius 2 is 2.15 bits per heavy atom. The van der Waals surface area contributed by atoms with Crippen LogP contribution < -0.4 is 0 Å². The summed E-state index contributed by atoms with van der Waals surface area (Å²) in [6, 6.07) is 4.55. The molecule has 0 unspecified atom stereocenters. The minimum Gasteiger partial charge on any atom is -0.331 e. The minimum atomic E-state index is -0.541. The third-order valence-corrected chi connectivity index (χ3v) is 1.96. The molecule has 0 aliphatic heterocycles. The summed E-state index contributed by atoms with van der Waals surface area (Å²) in [6.45, 7) is 0. The smallest absolute Gasteiger partial charge is 0.175 e. The summed E-state index contributed by atoms with van der Waals surface area (Å²) in [6.07, 6.45) is 0. The lowest BCUT2D eigenvalue weighted by Crippen LogP contribution is -1.84. The molecule has 0 aliphatic carbocycles. The Hall–Kier alpha value is -1.67. The number of nitrogens with one attached hydrogen (secondary N) is 2. The molecule has 0 saturated carbocycles. The number of nitrogens with zero attached hydrogens (tertiary/aromatic N) is 1. The molecule has 0 bridgehead atoms. The van der Waals surface area contributed by atoms with E-state index in [1.807, 2.05) is 0 Å². The molecule has 0 radical (unpaired) electrons. The standard InChI is InChI=1S/C8H4FN3S/c9-5-1-2-6-7(4(5)3-10)12-8(13)11-6/h1-2H,(H2,11,12,13). The molecular weight excluding hydrogens is 189 g/mol. The van der Waals surface area contributed by atoms with Gasteiger partial charge in [-0.1, -0.05) is 0 Å². The molecule has 5 heteroatoms. The number of halogens is 1. The first-order valence-corrected chi connectivity index (χ1v) is 3.94. The number of H-pyrrole nitrogens is 2. The van der Waals surface area contributed by atoms with Crippen molar-refractivity contribution in [2.24, 2.45) is 0 Å². The van der Waals surface area contributed by atoms with Crippen molar-refractivity contribution in [3.63, 3.8) is 0 Å². The quantitative estimate of drug-likeness (QED) is 0.630. The van der Waals surface area contributed by atoms with E-state index in [-0.39, 0.29) is 5.56 Å². The van der Waals surface area contributed by atoms with Crippen molar-refractivity contribution < 1.29 is 4.39 Å².